The van der Waals surface area contributed by atoms with E-state index in [-0.39, 0.29) is 11.9 Å². The van der Waals surface area contributed by atoms with Crippen molar-refractivity contribution in [1.82, 2.24) is 5.32 Å². The van der Waals surface area contributed by atoms with Crippen LogP contribution < -0.4 is 5.32 Å². The second-order valence-electron chi connectivity index (χ2n) is 5.15. The molecule has 1 N–H and O–H groups in total. The lowest BCUT2D eigenvalue weighted by atomic mass is 9.96. The van der Waals surface area contributed by atoms with Crippen molar-refractivity contribution in [1.29, 1.82) is 0 Å². The molecule has 2 aromatic rings. The largest absolute Gasteiger partial charge is 0.306 e. The van der Waals surface area contributed by atoms with Crippen LogP contribution in [0.2, 0.25) is 0 Å². The second-order valence-corrected chi connectivity index (χ2v) is 6.07. The average Bonchev–Trinajstić information content (AvgIpc) is 2.51. The number of aryl methyl sites for hydroxylation is 1. The number of rotatable bonds is 6. The molecule has 0 spiro atoms. The molecule has 0 saturated carbocycles. The summed E-state index contributed by atoms with van der Waals surface area (Å²) < 4.78 is 15.2. The predicted molar refractivity (Wildman–Crippen MR) is 90.1 cm³/mol. The third-order valence-corrected chi connectivity index (χ3v) is 4.05. The zero-order valence-electron chi connectivity index (χ0n) is 12.5. The molecule has 0 aliphatic heterocycles. The molecule has 2 rings (SSSR count). The standard InChI is InChI=1S/C18H21BrFN/c1-3-10-21-18(14-7-5-6-13(4-2)11-14)16-12-15(19)8-9-17(16)20/h5-9,11-12,18,21H,3-4,10H2,1-2H3. The van der Waals surface area contributed by atoms with Crippen molar-refractivity contribution in [2.45, 2.75) is 32.7 Å². The maximum atomic E-state index is 14.3. The van der Waals surface area contributed by atoms with E-state index in [4.69, 9.17) is 0 Å². The Morgan fingerprint density at radius 1 is 1.14 bits per heavy atom. The van der Waals surface area contributed by atoms with Gasteiger partial charge in [0.1, 0.15) is 5.82 Å². The summed E-state index contributed by atoms with van der Waals surface area (Å²) in [5.41, 5.74) is 3.07. The predicted octanol–water partition coefficient (Wildman–Crippen LogP) is 5.24. The fraction of sp³-hybridized carbons (Fsp3) is 0.333. The molecule has 0 amide bonds. The van der Waals surface area contributed by atoms with Gasteiger partial charge in [0.05, 0.1) is 6.04 Å². The minimum atomic E-state index is -0.172. The quantitative estimate of drug-likeness (QED) is 0.751. The van der Waals surface area contributed by atoms with Crippen LogP contribution in [0.5, 0.6) is 0 Å². The van der Waals surface area contributed by atoms with Crippen LogP contribution in [-0.2, 0) is 6.42 Å². The van der Waals surface area contributed by atoms with Gasteiger partial charge in [0.25, 0.3) is 0 Å². The minimum Gasteiger partial charge on any atom is -0.306 e. The molecular weight excluding hydrogens is 329 g/mol. The average molecular weight is 350 g/mol. The second kappa shape index (κ2) is 7.71. The van der Waals surface area contributed by atoms with Crippen LogP contribution in [0.3, 0.4) is 0 Å². The molecule has 1 atom stereocenters. The van der Waals surface area contributed by atoms with E-state index < -0.39 is 0 Å². The molecule has 0 aliphatic rings. The van der Waals surface area contributed by atoms with Crippen LogP contribution in [0.1, 0.15) is 43.0 Å². The Balaban J connectivity index is 2.44. The van der Waals surface area contributed by atoms with Gasteiger partial charge in [0, 0.05) is 10.0 Å². The molecule has 0 fully saturated rings. The van der Waals surface area contributed by atoms with Crippen LogP contribution >= 0.6 is 15.9 Å². The van der Waals surface area contributed by atoms with E-state index in [0.717, 1.165) is 29.4 Å². The highest BCUT2D eigenvalue weighted by molar-refractivity contribution is 9.10. The van der Waals surface area contributed by atoms with Gasteiger partial charge < -0.3 is 5.32 Å². The summed E-state index contributed by atoms with van der Waals surface area (Å²) in [6.07, 6.45) is 1.99. The number of hydrogen-bond donors (Lipinski definition) is 1. The van der Waals surface area contributed by atoms with Crippen LogP contribution in [0.25, 0.3) is 0 Å². The molecule has 3 heteroatoms. The summed E-state index contributed by atoms with van der Waals surface area (Å²) in [7, 11) is 0. The third-order valence-electron chi connectivity index (χ3n) is 3.56. The van der Waals surface area contributed by atoms with Gasteiger partial charge in [0.2, 0.25) is 0 Å². The first-order valence-corrected chi connectivity index (χ1v) is 8.22. The summed E-state index contributed by atoms with van der Waals surface area (Å²) >= 11 is 3.44. The molecule has 21 heavy (non-hydrogen) atoms. The summed E-state index contributed by atoms with van der Waals surface area (Å²) in [4.78, 5) is 0. The van der Waals surface area contributed by atoms with Gasteiger partial charge in [-0.2, -0.15) is 0 Å². The molecule has 0 saturated heterocycles. The first-order valence-electron chi connectivity index (χ1n) is 7.42. The zero-order valence-corrected chi connectivity index (χ0v) is 14.1. The van der Waals surface area contributed by atoms with E-state index >= 15 is 0 Å². The molecule has 0 aliphatic carbocycles. The lowest BCUT2D eigenvalue weighted by Gasteiger charge is -2.21. The fourth-order valence-corrected chi connectivity index (χ4v) is 2.80. The van der Waals surface area contributed by atoms with Crippen LogP contribution in [0, 0.1) is 5.82 Å². The number of halogens is 2. The number of nitrogens with one attached hydrogen (secondary N) is 1. The number of hydrogen-bond acceptors (Lipinski definition) is 1. The molecular formula is C18H21BrFN. The van der Waals surface area contributed by atoms with Crippen molar-refractivity contribution in [3.63, 3.8) is 0 Å². The van der Waals surface area contributed by atoms with Gasteiger partial charge in [-0.25, -0.2) is 4.39 Å². The Kier molecular flexibility index (Phi) is 5.95. The molecule has 0 bridgehead atoms. The van der Waals surface area contributed by atoms with Crippen molar-refractivity contribution in [2.75, 3.05) is 6.54 Å². The Labute approximate surface area is 134 Å². The van der Waals surface area contributed by atoms with E-state index in [1.807, 2.05) is 12.1 Å². The maximum Gasteiger partial charge on any atom is 0.128 e. The van der Waals surface area contributed by atoms with E-state index in [9.17, 15) is 4.39 Å². The Morgan fingerprint density at radius 2 is 1.95 bits per heavy atom. The summed E-state index contributed by atoms with van der Waals surface area (Å²) in [5, 5.41) is 3.46. The lowest BCUT2D eigenvalue weighted by Crippen LogP contribution is -2.24. The normalized spacial score (nSPS) is 12.4. The van der Waals surface area contributed by atoms with Gasteiger partial charge in [-0.1, -0.05) is 54.0 Å². The summed E-state index contributed by atoms with van der Waals surface area (Å²) in [6, 6.07) is 13.4. The Hall–Kier alpha value is -1.19. The number of benzene rings is 2. The van der Waals surface area contributed by atoms with Crippen molar-refractivity contribution < 1.29 is 4.39 Å². The van der Waals surface area contributed by atoms with Crippen LogP contribution in [0.15, 0.2) is 46.9 Å². The van der Waals surface area contributed by atoms with Crippen molar-refractivity contribution in [2.24, 2.45) is 0 Å². The monoisotopic (exact) mass is 349 g/mol. The van der Waals surface area contributed by atoms with Gasteiger partial charge in [0.15, 0.2) is 0 Å². The topological polar surface area (TPSA) is 12.0 Å². The molecule has 1 unspecified atom stereocenters. The van der Waals surface area contributed by atoms with Crippen molar-refractivity contribution >= 4 is 15.9 Å². The molecule has 0 aromatic heterocycles. The van der Waals surface area contributed by atoms with Crippen molar-refractivity contribution in [3.8, 4) is 0 Å². The fourth-order valence-electron chi connectivity index (χ4n) is 2.42. The lowest BCUT2D eigenvalue weighted by molar-refractivity contribution is 0.546. The zero-order chi connectivity index (χ0) is 15.2. The van der Waals surface area contributed by atoms with Gasteiger partial charge in [-0.3, -0.25) is 0 Å². The highest BCUT2D eigenvalue weighted by Gasteiger charge is 2.18. The molecule has 0 radical (unpaired) electrons. The van der Waals surface area contributed by atoms with Gasteiger partial charge in [-0.15, -0.1) is 0 Å². The van der Waals surface area contributed by atoms with E-state index in [2.05, 4.69) is 53.3 Å². The van der Waals surface area contributed by atoms with E-state index in [1.165, 1.54) is 11.6 Å². The molecule has 2 aromatic carbocycles. The summed E-state index contributed by atoms with van der Waals surface area (Å²) in [6.45, 7) is 5.10. The van der Waals surface area contributed by atoms with Gasteiger partial charge >= 0.3 is 0 Å². The summed E-state index contributed by atoms with van der Waals surface area (Å²) in [5.74, 6) is -0.172. The highest BCUT2D eigenvalue weighted by atomic mass is 79.9. The van der Waals surface area contributed by atoms with Crippen LogP contribution in [0.4, 0.5) is 4.39 Å². The minimum absolute atomic E-state index is 0.117. The highest BCUT2D eigenvalue weighted by Crippen LogP contribution is 2.28. The Bertz CT molecular complexity index is 598. The SMILES string of the molecule is CCCNC(c1cccc(CC)c1)c1cc(Br)ccc1F. The Morgan fingerprint density at radius 3 is 2.67 bits per heavy atom. The first kappa shape index (κ1) is 16.2. The molecule has 1 nitrogen and oxygen atoms in total. The van der Waals surface area contributed by atoms with Gasteiger partial charge in [-0.05, 0) is 48.7 Å². The smallest absolute Gasteiger partial charge is 0.128 e. The third kappa shape index (κ3) is 4.14. The molecule has 0 heterocycles. The molecule has 112 valence electrons. The van der Waals surface area contributed by atoms with E-state index in [0.29, 0.717) is 5.56 Å². The van der Waals surface area contributed by atoms with Crippen molar-refractivity contribution in [3.05, 3.63) is 69.4 Å². The first-order chi connectivity index (χ1) is 10.2. The van der Waals surface area contributed by atoms with E-state index in [1.54, 1.807) is 6.07 Å². The maximum absolute atomic E-state index is 14.3. The van der Waals surface area contributed by atoms with Crippen LogP contribution in [-0.4, -0.2) is 6.54 Å².